The SMILES string of the molecule is Cc1c(NC(=O)Cn2ccc(C(F)(F)F)n2)cccc1N1C(=O)CNC1=O. The first-order valence-electron chi connectivity index (χ1n) is 7.77. The standard InChI is InChI=1S/C16H14F3N5O3/c1-9-10(3-2-4-11(9)24-14(26)7-20-15(24)27)21-13(25)8-23-6-5-12(22-23)16(17,18)19/h2-6H,7-8H2,1H3,(H,20,27)(H,21,25). The Morgan fingerprint density at radius 2 is 2.04 bits per heavy atom. The number of nitrogens with one attached hydrogen (secondary N) is 2. The van der Waals surface area contributed by atoms with Crippen LogP contribution in [0, 0.1) is 6.92 Å². The predicted octanol–water partition coefficient (Wildman–Crippen LogP) is 1.91. The Morgan fingerprint density at radius 3 is 2.63 bits per heavy atom. The van der Waals surface area contributed by atoms with Gasteiger partial charge in [-0.2, -0.15) is 18.3 Å². The molecule has 0 unspecified atom stereocenters. The fourth-order valence-electron chi connectivity index (χ4n) is 2.61. The topological polar surface area (TPSA) is 96.3 Å². The molecular formula is C16H14F3N5O3. The number of alkyl halides is 3. The summed E-state index contributed by atoms with van der Waals surface area (Å²) in [7, 11) is 0. The fraction of sp³-hybridized carbons (Fsp3) is 0.250. The van der Waals surface area contributed by atoms with Crippen LogP contribution in [0.15, 0.2) is 30.5 Å². The summed E-state index contributed by atoms with van der Waals surface area (Å²) in [6.07, 6.45) is -3.53. The zero-order chi connectivity index (χ0) is 19.8. The maximum absolute atomic E-state index is 12.6. The molecule has 0 atom stereocenters. The number of benzene rings is 1. The summed E-state index contributed by atoms with van der Waals surface area (Å²) in [5.41, 5.74) is 0.0131. The van der Waals surface area contributed by atoms with Crippen molar-refractivity contribution < 1.29 is 27.6 Å². The molecule has 1 aromatic carbocycles. The molecule has 1 saturated heterocycles. The highest BCUT2D eigenvalue weighted by Crippen LogP contribution is 2.29. The first kappa shape index (κ1) is 18.4. The van der Waals surface area contributed by atoms with Gasteiger partial charge in [-0.1, -0.05) is 6.07 Å². The summed E-state index contributed by atoms with van der Waals surface area (Å²) in [5.74, 6) is -1.04. The summed E-state index contributed by atoms with van der Waals surface area (Å²) in [6.45, 7) is 1.07. The number of carbonyl (C=O) groups is 3. The van der Waals surface area contributed by atoms with Crippen LogP contribution in [0.2, 0.25) is 0 Å². The van der Waals surface area contributed by atoms with Crippen LogP contribution in [0.25, 0.3) is 0 Å². The molecule has 4 amide bonds. The van der Waals surface area contributed by atoms with Gasteiger partial charge < -0.3 is 10.6 Å². The molecule has 2 aromatic rings. The van der Waals surface area contributed by atoms with Crippen molar-refractivity contribution in [1.82, 2.24) is 15.1 Å². The fourth-order valence-corrected chi connectivity index (χ4v) is 2.61. The molecule has 2 N–H and O–H groups in total. The summed E-state index contributed by atoms with van der Waals surface area (Å²) >= 11 is 0. The Hall–Kier alpha value is -3.37. The van der Waals surface area contributed by atoms with Crippen LogP contribution in [0.5, 0.6) is 0 Å². The summed E-state index contributed by atoms with van der Waals surface area (Å²) in [5, 5.41) is 8.26. The van der Waals surface area contributed by atoms with E-state index in [4.69, 9.17) is 0 Å². The van der Waals surface area contributed by atoms with Crippen LogP contribution in [0.3, 0.4) is 0 Å². The highest BCUT2D eigenvalue weighted by molar-refractivity contribution is 6.20. The minimum absolute atomic E-state index is 0.115. The Bertz CT molecular complexity index is 906. The largest absolute Gasteiger partial charge is 0.435 e. The lowest BCUT2D eigenvalue weighted by Gasteiger charge is -2.18. The number of urea groups is 1. The zero-order valence-corrected chi connectivity index (χ0v) is 14.0. The van der Waals surface area contributed by atoms with Crippen LogP contribution in [-0.2, 0) is 22.3 Å². The second-order valence-electron chi connectivity index (χ2n) is 5.78. The number of aromatic nitrogens is 2. The van der Waals surface area contributed by atoms with Crippen LogP contribution >= 0.6 is 0 Å². The monoisotopic (exact) mass is 381 g/mol. The molecule has 142 valence electrons. The highest BCUT2D eigenvalue weighted by Gasteiger charge is 2.34. The van der Waals surface area contributed by atoms with E-state index < -0.39 is 36.3 Å². The lowest BCUT2D eigenvalue weighted by Crippen LogP contribution is -2.31. The first-order valence-corrected chi connectivity index (χ1v) is 7.77. The number of halogens is 3. The average molecular weight is 381 g/mol. The van der Waals surface area contributed by atoms with Gasteiger partial charge in [0.25, 0.3) is 5.91 Å². The quantitative estimate of drug-likeness (QED) is 0.791. The molecule has 0 radical (unpaired) electrons. The molecule has 11 heteroatoms. The summed E-state index contributed by atoms with van der Waals surface area (Å²) in [6, 6.07) is 4.86. The van der Waals surface area contributed by atoms with Gasteiger partial charge in [0.05, 0.1) is 12.2 Å². The summed E-state index contributed by atoms with van der Waals surface area (Å²) in [4.78, 5) is 36.8. The van der Waals surface area contributed by atoms with Gasteiger partial charge in [-0.3, -0.25) is 14.3 Å². The van der Waals surface area contributed by atoms with E-state index in [9.17, 15) is 27.6 Å². The molecule has 0 saturated carbocycles. The van der Waals surface area contributed by atoms with Crippen molar-refractivity contribution in [3.63, 3.8) is 0 Å². The molecule has 1 aromatic heterocycles. The van der Waals surface area contributed by atoms with Gasteiger partial charge in [-0.05, 0) is 30.7 Å². The summed E-state index contributed by atoms with van der Waals surface area (Å²) < 4.78 is 38.5. The van der Waals surface area contributed by atoms with Crippen LogP contribution in [-0.4, -0.2) is 34.2 Å². The van der Waals surface area contributed by atoms with Crippen LogP contribution in [0.1, 0.15) is 11.3 Å². The Kier molecular flexibility index (Phi) is 4.60. The van der Waals surface area contributed by atoms with E-state index in [0.29, 0.717) is 16.9 Å². The van der Waals surface area contributed by atoms with Gasteiger partial charge in [0, 0.05) is 11.9 Å². The first-order chi connectivity index (χ1) is 12.7. The van der Waals surface area contributed by atoms with Crippen LogP contribution < -0.4 is 15.5 Å². The van der Waals surface area contributed by atoms with Crippen molar-refractivity contribution in [2.24, 2.45) is 0 Å². The van der Waals surface area contributed by atoms with Crippen molar-refractivity contribution in [2.75, 3.05) is 16.8 Å². The van der Waals surface area contributed by atoms with E-state index in [2.05, 4.69) is 15.7 Å². The number of hydrogen-bond donors (Lipinski definition) is 2. The molecule has 0 spiro atoms. The van der Waals surface area contributed by atoms with Gasteiger partial charge in [0.15, 0.2) is 5.69 Å². The smallest absolute Gasteiger partial charge is 0.328 e. The third-order valence-corrected chi connectivity index (χ3v) is 3.90. The second kappa shape index (κ2) is 6.74. The molecule has 1 aliphatic rings. The third-order valence-electron chi connectivity index (χ3n) is 3.90. The maximum atomic E-state index is 12.6. The third kappa shape index (κ3) is 3.76. The molecule has 1 aliphatic heterocycles. The normalized spacial score (nSPS) is 14.4. The number of amides is 4. The van der Waals surface area contributed by atoms with Crippen molar-refractivity contribution in [1.29, 1.82) is 0 Å². The maximum Gasteiger partial charge on any atom is 0.435 e. The minimum Gasteiger partial charge on any atom is -0.328 e. The van der Waals surface area contributed by atoms with Gasteiger partial charge >= 0.3 is 12.2 Å². The van der Waals surface area contributed by atoms with E-state index >= 15 is 0 Å². The number of nitrogens with zero attached hydrogens (tertiary/aromatic N) is 3. The zero-order valence-electron chi connectivity index (χ0n) is 14.0. The molecule has 8 nitrogen and oxygen atoms in total. The molecule has 3 rings (SSSR count). The van der Waals surface area contributed by atoms with Gasteiger partial charge in [-0.25, -0.2) is 9.69 Å². The molecular weight excluding hydrogens is 367 g/mol. The number of imide groups is 1. The van der Waals surface area contributed by atoms with Gasteiger partial charge in [0.2, 0.25) is 5.91 Å². The van der Waals surface area contributed by atoms with Crippen molar-refractivity contribution in [3.8, 4) is 0 Å². The van der Waals surface area contributed by atoms with Gasteiger partial charge in [0.1, 0.15) is 6.54 Å². The van der Waals surface area contributed by atoms with E-state index in [-0.39, 0.29) is 6.54 Å². The molecule has 27 heavy (non-hydrogen) atoms. The van der Waals surface area contributed by atoms with E-state index in [1.54, 1.807) is 25.1 Å². The number of carbonyl (C=O) groups excluding carboxylic acids is 3. The van der Waals surface area contributed by atoms with Crippen molar-refractivity contribution in [3.05, 3.63) is 41.7 Å². The second-order valence-corrected chi connectivity index (χ2v) is 5.78. The highest BCUT2D eigenvalue weighted by atomic mass is 19.4. The van der Waals surface area contributed by atoms with E-state index in [0.717, 1.165) is 21.8 Å². The molecule has 0 aliphatic carbocycles. The molecule has 2 heterocycles. The lowest BCUT2D eigenvalue weighted by atomic mass is 10.1. The molecule has 0 bridgehead atoms. The van der Waals surface area contributed by atoms with E-state index in [1.165, 1.54) is 0 Å². The Morgan fingerprint density at radius 1 is 1.30 bits per heavy atom. The van der Waals surface area contributed by atoms with E-state index in [1.807, 2.05) is 0 Å². The average Bonchev–Trinajstić information content (AvgIpc) is 3.17. The lowest BCUT2D eigenvalue weighted by molar-refractivity contribution is -0.141. The predicted molar refractivity (Wildman–Crippen MR) is 87.9 cm³/mol. The number of hydrogen-bond acceptors (Lipinski definition) is 4. The number of anilines is 2. The van der Waals surface area contributed by atoms with Gasteiger partial charge in [-0.15, -0.1) is 0 Å². The Balaban J connectivity index is 1.75. The number of rotatable bonds is 4. The van der Waals surface area contributed by atoms with Crippen molar-refractivity contribution in [2.45, 2.75) is 19.6 Å². The van der Waals surface area contributed by atoms with Crippen molar-refractivity contribution >= 4 is 29.2 Å². The molecule has 1 fully saturated rings. The Labute approximate surface area is 150 Å². The minimum atomic E-state index is -4.59. The van der Waals surface area contributed by atoms with Crippen LogP contribution in [0.4, 0.5) is 29.3 Å².